The number of benzene rings is 2. The van der Waals surface area contributed by atoms with Crippen molar-refractivity contribution in [3.8, 4) is 11.3 Å². The van der Waals surface area contributed by atoms with Gasteiger partial charge in [0, 0.05) is 29.4 Å². The third-order valence-corrected chi connectivity index (χ3v) is 4.02. The lowest BCUT2D eigenvalue weighted by molar-refractivity contribution is 0.0953. The summed E-state index contributed by atoms with van der Waals surface area (Å²) in [5.74, 6) is 0.197. The highest BCUT2D eigenvalue weighted by Crippen LogP contribution is 2.22. The first-order valence-corrected chi connectivity index (χ1v) is 8.89. The highest BCUT2D eigenvalue weighted by molar-refractivity contribution is 5.94. The Morgan fingerprint density at radius 2 is 1.89 bits per heavy atom. The van der Waals surface area contributed by atoms with Crippen molar-refractivity contribution in [2.24, 2.45) is 0 Å². The molecule has 6 heteroatoms. The summed E-state index contributed by atoms with van der Waals surface area (Å²) in [5.41, 5.74) is 2.71. The number of carbonyl (C=O) groups is 1. The van der Waals surface area contributed by atoms with Gasteiger partial charge in [0.25, 0.3) is 5.91 Å². The standard InChI is InChI=1S/C21H21FN4O/c1-2-3-11-23-21(27)15-7-9-18(10-8-15)26-20-13-19(24-14-25-20)16-5-4-6-17(22)12-16/h4-10,12-14H,2-3,11H2,1H3,(H,23,27)(H,24,25,26). The van der Waals surface area contributed by atoms with E-state index in [0.29, 0.717) is 29.2 Å². The summed E-state index contributed by atoms with van der Waals surface area (Å²) in [6.07, 6.45) is 3.44. The fourth-order valence-corrected chi connectivity index (χ4v) is 2.56. The molecule has 27 heavy (non-hydrogen) atoms. The molecule has 0 unspecified atom stereocenters. The summed E-state index contributed by atoms with van der Waals surface area (Å²) >= 11 is 0. The summed E-state index contributed by atoms with van der Waals surface area (Å²) in [5, 5.41) is 6.06. The van der Waals surface area contributed by atoms with E-state index < -0.39 is 0 Å². The van der Waals surface area contributed by atoms with Crippen molar-refractivity contribution in [2.45, 2.75) is 19.8 Å². The smallest absolute Gasteiger partial charge is 0.251 e. The molecule has 0 aliphatic rings. The molecule has 0 atom stereocenters. The molecule has 0 aliphatic heterocycles. The lowest BCUT2D eigenvalue weighted by Crippen LogP contribution is -2.24. The van der Waals surface area contributed by atoms with Crippen LogP contribution in [0.25, 0.3) is 11.3 Å². The van der Waals surface area contributed by atoms with Gasteiger partial charge in [-0.1, -0.05) is 25.5 Å². The molecule has 0 bridgehead atoms. The van der Waals surface area contributed by atoms with E-state index in [1.54, 1.807) is 30.3 Å². The van der Waals surface area contributed by atoms with Gasteiger partial charge >= 0.3 is 0 Å². The normalized spacial score (nSPS) is 10.4. The minimum absolute atomic E-state index is 0.0783. The van der Waals surface area contributed by atoms with Crippen molar-refractivity contribution in [3.05, 3.63) is 72.3 Å². The van der Waals surface area contributed by atoms with Crippen molar-refractivity contribution < 1.29 is 9.18 Å². The van der Waals surface area contributed by atoms with E-state index >= 15 is 0 Å². The van der Waals surface area contributed by atoms with Crippen LogP contribution < -0.4 is 10.6 Å². The summed E-state index contributed by atoms with van der Waals surface area (Å²) in [6, 6.07) is 15.2. The van der Waals surface area contributed by atoms with Gasteiger partial charge in [-0.25, -0.2) is 14.4 Å². The predicted molar refractivity (Wildman–Crippen MR) is 104 cm³/mol. The molecule has 2 aromatic carbocycles. The van der Waals surface area contributed by atoms with E-state index in [0.717, 1.165) is 18.5 Å². The van der Waals surface area contributed by atoms with E-state index in [1.165, 1.54) is 18.5 Å². The summed E-state index contributed by atoms with van der Waals surface area (Å²) in [7, 11) is 0. The first kappa shape index (κ1) is 18.5. The van der Waals surface area contributed by atoms with Crippen LogP contribution in [0, 0.1) is 5.82 Å². The zero-order valence-corrected chi connectivity index (χ0v) is 15.1. The fraction of sp³-hybridized carbons (Fsp3) is 0.190. The second-order valence-electron chi connectivity index (χ2n) is 6.11. The molecule has 3 rings (SSSR count). The second-order valence-corrected chi connectivity index (χ2v) is 6.11. The topological polar surface area (TPSA) is 66.9 Å². The van der Waals surface area contributed by atoms with Crippen LogP contribution in [0.5, 0.6) is 0 Å². The number of rotatable bonds is 7. The maximum atomic E-state index is 13.4. The molecule has 1 amide bonds. The Morgan fingerprint density at radius 3 is 2.63 bits per heavy atom. The Balaban J connectivity index is 1.69. The van der Waals surface area contributed by atoms with Crippen LogP contribution in [0.1, 0.15) is 30.1 Å². The zero-order valence-electron chi connectivity index (χ0n) is 15.1. The van der Waals surface area contributed by atoms with E-state index in [1.807, 2.05) is 12.1 Å². The van der Waals surface area contributed by atoms with Gasteiger partial charge in [-0.3, -0.25) is 4.79 Å². The van der Waals surface area contributed by atoms with Crippen LogP contribution in [-0.2, 0) is 0 Å². The van der Waals surface area contributed by atoms with Crippen molar-refractivity contribution in [2.75, 3.05) is 11.9 Å². The molecule has 1 aromatic heterocycles. The molecule has 0 fully saturated rings. The Bertz CT molecular complexity index is 912. The quantitative estimate of drug-likeness (QED) is 0.603. The van der Waals surface area contributed by atoms with Crippen LogP contribution in [0.2, 0.25) is 0 Å². The summed E-state index contributed by atoms with van der Waals surface area (Å²) < 4.78 is 13.4. The second kappa shape index (κ2) is 8.89. The first-order chi connectivity index (χ1) is 13.2. The summed E-state index contributed by atoms with van der Waals surface area (Å²) in [4.78, 5) is 20.4. The third-order valence-electron chi connectivity index (χ3n) is 4.02. The number of hydrogen-bond acceptors (Lipinski definition) is 4. The number of aromatic nitrogens is 2. The molecule has 1 heterocycles. The first-order valence-electron chi connectivity index (χ1n) is 8.89. The molecule has 3 aromatic rings. The van der Waals surface area contributed by atoms with E-state index in [2.05, 4.69) is 27.5 Å². The SMILES string of the molecule is CCCCNC(=O)c1ccc(Nc2cc(-c3cccc(F)c3)ncn2)cc1. The Morgan fingerprint density at radius 1 is 1.07 bits per heavy atom. The number of hydrogen-bond donors (Lipinski definition) is 2. The minimum Gasteiger partial charge on any atom is -0.352 e. The lowest BCUT2D eigenvalue weighted by Gasteiger charge is -2.09. The van der Waals surface area contributed by atoms with Crippen molar-refractivity contribution >= 4 is 17.4 Å². The molecule has 2 N–H and O–H groups in total. The summed E-state index contributed by atoms with van der Waals surface area (Å²) in [6.45, 7) is 2.76. The van der Waals surface area contributed by atoms with Crippen molar-refractivity contribution in [3.63, 3.8) is 0 Å². The monoisotopic (exact) mass is 364 g/mol. The molecule has 0 saturated heterocycles. The number of nitrogens with one attached hydrogen (secondary N) is 2. The lowest BCUT2D eigenvalue weighted by atomic mass is 10.1. The number of anilines is 2. The van der Waals surface area contributed by atoms with Gasteiger partial charge < -0.3 is 10.6 Å². The van der Waals surface area contributed by atoms with Gasteiger partial charge in [0.05, 0.1) is 5.69 Å². The van der Waals surface area contributed by atoms with Gasteiger partial charge in [-0.15, -0.1) is 0 Å². The van der Waals surface area contributed by atoms with Crippen molar-refractivity contribution in [1.82, 2.24) is 15.3 Å². The number of nitrogens with zero attached hydrogens (tertiary/aromatic N) is 2. The number of halogens is 1. The molecule has 5 nitrogen and oxygen atoms in total. The molecular weight excluding hydrogens is 343 g/mol. The number of amides is 1. The predicted octanol–water partition coefficient (Wildman–Crippen LogP) is 4.56. The Labute approximate surface area is 157 Å². The van der Waals surface area contributed by atoms with Crippen LogP contribution >= 0.6 is 0 Å². The average molecular weight is 364 g/mol. The highest BCUT2D eigenvalue weighted by atomic mass is 19.1. The number of unbranched alkanes of at least 4 members (excludes halogenated alkanes) is 1. The fourth-order valence-electron chi connectivity index (χ4n) is 2.56. The van der Waals surface area contributed by atoms with Gasteiger partial charge in [-0.2, -0.15) is 0 Å². The van der Waals surface area contributed by atoms with E-state index in [-0.39, 0.29) is 11.7 Å². The molecule has 0 radical (unpaired) electrons. The molecule has 0 saturated carbocycles. The maximum Gasteiger partial charge on any atom is 0.251 e. The zero-order chi connectivity index (χ0) is 19.1. The van der Waals surface area contributed by atoms with Crippen LogP contribution in [0.15, 0.2) is 60.9 Å². The van der Waals surface area contributed by atoms with Crippen LogP contribution in [-0.4, -0.2) is 22.4 Å². The molecule has 0 spiro atoms. The average Bonchev–Trinajstić information content (AvgIpc) is 2.69. The molecule has 0 aliphatic carbocycles. The van der Waals surface area contributed by atoms with Gasteiger partial charge in [0.2, 0.25) is 0 Å². The molecule has 138 valence electrons. The Hall–Kier alpha value is -3.28. The highest BCUT2D eigenvalue weighted by Gasteiger charge is 2.06. The minimum atomic E-state index is -0.312. The molecular formula is C21H21FN4O. The van der Waals surface area contributed by atoms with E-state index in [9.17, 15) is 9.18 Å². The maximum absolute atomic E-state index is 13.4. The van der Waals surface area contributed by atoms with E-state index in [4.69, 9.17) is 0 Å². The van der Waals surface area contributed by atoms with Crippen LogP contribution in [0.3, 0.4) is 0 Å². The number of carbonyl (C=O) groups excluding carboxylic acids is 1. The van der Waals surface area contributed by atoms with Gasteiger partial charge in [-0.05, 0) is 42.8 Å². The third kappa shape index (κ3) is 5.10. The van der Waals surface area contributed by atoms with Crippen LogP contribution in [0.4, 0.5) is 15.9 Å². The van der Waals surface area contributed by atoms with Gasteiger partial charge in [0.15, 0.2) is 0 Å². The Kier molecular flexibility index (Phi) is 6.10. The largest absolute Gasteiger partial charge is 0.352 e. The van der Waals surface area contributed by atoms with Crippen molar-refractivity contribution in [1.29, 1.82) is 0 Å². The van der Waals surface area contributed by atoms with Gasteiger partial charge in [0.1, 0.15) is 18.0 Å².